The van der Waals surface area contributed by atoms with E-state index in [9.17, 15) is 9.00 Å². The Labute approximate surface area is 125 Å². The number of ketones is 1. The standard InChI is InChI=1S/C17H26O2S/c1-7-11(2)9-20(19)10-16-12(3)8-13(4)17(14(16)5)15(6)18/h8,11H,7,9-10H2,1-6H3/t11-,20+/m1/s1. The van der Waals surface area contributed by atoms with Gasteiger partial charge in [-0.1, -0.05) is 26.3 Å². The first-order valence-electron chi connectivity index (χ1n) is 7.23. The molecule has 0 N–H and O–H groups in total. The van der Waals surface area contributed by atoms with Gasteiger partial charge in [0.1, 0.15) is 0 Å². The molecule has 0 aliphatic rings. The summed E-state index contributed by atoms with van der Waals surface area (Å²) in [5, 5.41) is 0. The van der Waals surface area contributed by atoms with E-state index in [-0.39, 0.29) is 5.78 Å². The Morgan fingerprint density at radius 2 is 1.85 bits per heavy atom. The topological polar surface area (TPSA) is 34.1 Å². The number of aryl methyl sites for hydroxylation is 2. The third-order valence-corrected chi connectivity index (χ3v) is 5.51. The van der Waals surface area contributed by atoms with Crippen LogP contribution in [0.1, 0.15) is 59.8 Å². The highest BCUT2D eigenvalue weighted by Gasteiger charge is 2.16. The van der Waals surface area contributed by atoms with E-state index in [0.717, 1.165) is 40.0 Å². The van der Waals surface area contributed by atoms with E-state index < -0.39 is 10.8 Å². The maximum atomic E-state index is 12.3. The van der Waals surface area contributed by atoms with Gasteiger partial charge in [-0.25, -0.2) is 0 Å². The molecule has 0 aromatic heterocycles. The molecule has 0 amide bonds. The predicted molar refractivity (Wildman–Crippen MR) is 86.8 cm³/mol. The minimum absolute atomic E-state index is 0.0916. The lowest BCUT2D eigenvalue weighted by Crippen LogP contribution is -2.12. The number of carbonyl (C=O) groups excluding carboxylic acids is 1. The SMILES string of the molecule is CC[C@@H](C)C[S@](=O)Cc1c(C)cc(C)c(C(C)=O)c1C. The second-order valence-electron chi connectivity index (χ2n) is 5.81. The predicted octanol–water partition coefficient (Wildman–Crippen LogP) is 4.11. The van der Waals surface area contributed by atoms with Crippen molar-refractivity contribution in [2.75, 3.05) is 5.75 Å². The highest BCUT2D eigenvalue weighted by atomic mass is 32.2. The minimum atomic E-state index is -0.861. The Morgan fingerprint density at radius 1 is 1.25 bits per heavy atom. The summed E-state index contributed by atoms with van der Waals surface area (Å²) in [5.41, 5.74) is 5.05. The first-order valence-corrected chi connectivity index (χ1v) is 8.72. The van der Waals surface area contributed by atoms with Gasteiger partial charge in [0.15, 0.2) is 5.78 Å². The summed E-state index contributed by atoms with van der Waals surface area (Å²) in [5.74, 6) is 1.87. The van der Waals surface area contributed by atoms with Crippen molar-refractivity contribution in [3.05, 3.63) is 33.9 Å². The van der Waals surface area contributed by atoms with Crippen molar-refractivity contribution in [3.63, 3.8) is 0 Å². The van der Waals surface area contributed by atoms with Crippen LogP contribution in [0.4, 0.5) is 0 Å². The van der Waals surface area contributed by atoms with Crippen LogP contribution in [0.5, 0.6) is 0 Å². The zero-order valence-corrected chi connectivity index (χ0v) is 14.3. The van der Waals surface area contributed by atoms with Gasteiger partial charge in [0, 0.05) is 27.9 Å². The molecule has 0 bridgehead atoms. The number of rotatable bonds is 6. The molecule has 2 atom stereocenters. The summed E-state index contributed by atoms with van der Waals surface area (Å²) in [4.78, 5) is 11.8. The molecule has 0 unspecified atom stereocenters. The number of benzene rings is 1. The number of hydrogen-bond acceptors (Lipinski definition) is 2. The largest absolute Gasteiger partial charge is 0.294 e. The average molecular weight is 294 g/mol. The van der Waals surface area contributed by atoms with Crippen LogP contribution >= 0.6 is 0 Å². The van der Waals surface area contributed by atoms with E-state index >= 15 is 0 Å². The zero-order chi connectivity index (χ0) is 15.4. The number of carbonyl (C=O) groups is 1. The second kappa shape index (κ2) is 7.16. The minimum Gasteiger partial charge on any atom is -0.294 e. The maximum absolute atomic E-state index is 12.3. The summed E-state index contributed by atoms with van der Waals surface area (Å²) in [6.45, 7) is 11.8. The Hall–Kier alpha value is -0.960. The van der Waals surface area contributed by atoms with Gasteiger partial charge >= 0.3 is 0 Å². The molecule has 0 spiro atoms. The zero-order valence-electron chi connectivity index (χ0n) is 13.5. The summed E-state index contributed by atoms with van der Waals surface area (Å²) in [7, 11) is -0.861. The van der Waals surface area contributed by atoms with Gasteiger partial charge < -0.3 is 0 Å². The molecule has 3 heteroatoms. The molecule has 0 saturated heterocycles. The summed E-state index contributed by atoms with van der Waals surface area (Å²) in [6.07, 6.45) is 1.05. The molecule has 1 aromatic carbocycles. The third kappa shape index (κ3) is 4.02. The molecule has 0 heterocycles. The Kier molecular flexibility index (Phi) is 6.12. The highest BCUT2D eigenvalue weighted by molar-refractivity contribution is 7.84. The molecule has 0 aliphatic carbocycles. The normalized spacial score (nSPS) is 14.1. The summed E-state index contributed by atoms with van der Waals surface area (Å²) < 4.78 is 12.3. The number of Topliss-reactive ketones (excluding diaryl/α,β-unsaturated/α-hetero) is 1. The lowest BCUT2D eigenvalue weighted by molar-refractivity contribution is 0.101. The van der Waals surface area contributed by atoms with Gasteiger partial charge in [-0.05, 0) is 55.9 Å². The Morgan fingerprint density at radius 3 is 2.35 bits per heavy atom. The molecule has 0 saturated carbocycles. The first kappa shape index (κ1) is 17.1. The molecular formula is C17H26O2S. The van der Waals surface area contributed by atoms with Gasteiger partial charge in [0.05, 0.1) is 0 Å². The van der Waals surface area contributed by atoms with Crippen LogP contribution in [0, 0.1) is 26.7 Å². The third-order valence-electron chi connectivity index (χ3n) is 3.96. The lowest BCUT2D eigenvalue weighted by atomic mass is 9.92. The molecule has 20 heavy (non-hydrogen) atoms. The van der Waals surface area contributed by atoms with Crippen molar-refractivity contribution in [3.8, 4) is 0 Å². The van der Waals surface area contributed by atoms with E-state index in [2.05, 4.69) is 13.8 Å². The lowest BCUT2D eigenvalue weighted by Gasteiger charge is -2.16. The fourth-order valence-corrected chi connectivity index (χ4v) is 4.40. The summed E-state index contributed by atoms with van der Waals surface area (Å²) >= 11 is 0. The van der Waals surface area contributed by atoms with Gasteiger partial charge in [0.25, 0.3) is 0 Å². The van der Waals surface area contributed by atoms with Crippen molar-refractivity contribution in [2.24, 2.45) is 5.92 Å². The molecule has 0 aliphatic heterocycles. The van der Waals surface area contributed by atoms with E-state index in [1.54, 1.807) is 6.92 Å². The Balaban J connectivity index is 3.10. The monoisotopic (exact) mass is 294 g/mol. The van der Waals surface area contributed by atoms with Crippen molar-refractivity contribution in [1.29, 1.82) is 0 Å². The van der Waals surface area contributed by atoms with Crippen molar-refractivity contribution in [2.45, 2.75) is 53.7 Å². The van der Waals surface area contributed by atoms with Gasteiger partial charge in [-0.2, -0.15) is 0 Å². The molecule has 1 rings (SSSR count). The van der Waals surface area contributed by atoms with Crippen LogP contribution in [0.3, 0.4) is 0 Å². The van der Waals surface area contributed by atoms with Crippen LogP contribution in [0.15, 0.2) is 6.07 Å². The van der Waals surface area contributed by atoms with Crippen molar-refractivity contribution >= 4 is 16.6 Å². The molecule has 0 radical (unpaired) electrons. The highest BCUT2D eigenvalue weighted by Crippen LogP contribution is 2.24. The number of hydrogen-bond donors (Lipinski definition) is 0. The molecular weight excluding hydrogens is 268 g/mol. The molecule has 0 fully saturated rings. The van der Waals surface area contributed by atoms with Crippen molar-refractivity contribution < 1.29 is 9.00 Å². The first-order chi connectivity index (χ1) is 9.27. The quantitative estimate of drug-likeness (QED) is 0.740. The summed E-state index contributed by atoms with van der Waals surface area (Å²) in [6, 6.07) is 2.04. The fourth-order valence-electron chi connectivity index (χ4n) is 2.65. The van der Waals surface area contributed by atoms with Gasteiger partial charge in [0.2, 0.25) is 0 Å². The van der Waals surface area contributed by atoms with Crippen LogP contribution < -0.4 is 0 Å². The van der Waals surface area contributed by atoms with Crippen LogP contribution in [0.25, 0.3) is 0 Å². The van der Waals surface area contributed by atoms with E-state index in [1.165, 1.54) is 0 Å². The van der Waals surface area contributed by atoms with Crippen molar-refractivity contribution in [1.82, 2.24) is 0 Å². The molecule has 1 aromatic rings. The second-order valence-corrected chi connectivity index (χ2v) is 7.31. The fraction of sp³-hybridized carbons (Fsp3) is 0.588. The maximum Gasteiger partial charge on any atom is 0.160 e. The molecule has 112 valence electrons. The van der Waals surface area contributed by atoms with Crippen LogP contribution in [-0.4, -0.2) is 15.7 Å². The van der Waals surface area contributed by atoms with E-state index in [0.29, 0.717) is 11.7 Å². The average Bonchev–Trinajstić information content (AvgIpc) is 2.33. The van der Waals surface area contributed by atoms with Gasteiger partial charge in [-0.3, -0.25) is 9.00 Å². The molecule has 2 nitrogen and oxygen atoms in total. The van der Waals surface area contributed by atoms with E-state index in [1.807, 2.05) is 26.8 Å². The smallest absolute Gasteiger partial charge is 0.160 e. The van der Waals surface area contributed by atoms with Gasteiger partial charge in [-0.15, -0.1) is 0 Å². The van der Waals surface area contributed by atoms with Crippen LogP contribution in [-0.2, 0) is 16.6 Å². The van der Waals surface area contributed by atoms with Crippen LogP contribution in [0.2, 0.25) is 0 Å². The Bertz CT molecular complexity index is 532. The van der Waals surface area contributed by atoms with E-state index in [4.69, 9.17) is 0 Å².